The molecule has 9 heteroatoms. The van der Waals surface area contributed by atoms with Gasteiger partial charge in [0.15, 0.2) is 0 Å². The summed E-state index contributed by atoms with van der Waals surface area (Å²) in [5.74, 6) is -1.25. The van der Waals surface area contributed by atoms with Crippen molar-refractivity contribution in [3.05, 3.63) is 64.0 Å². The summed E-state index contributed by atoms with van der Waals surface area (Å²) in [6, 6.07) is 12.4. The molecule has 28 heavy (non-hydrogen) atoms. The number of thioether (sulfide) groups is 2. The van der Waals surface area contributed by atoms with Gasteiger partial charge in [0.25, 0.3) is 5.91 Å². The maximum atomic E-state index is 12.6. The molecule has 2 atom stereocenters. The molecule has 2 aliphatic heterocycles. The molecule has 1 fully saturated rings. The Morgan fingerprint density at radius 1 is 1.21 bits per heavy atom. The second-order valence-electron chi connectivity index (χ2n) is 6.23. The Morgan fingerprint density at radius 2 is 2.00 bits per heavy atom. The molecular formula is C19H16N2O4S3. The zero-order chi connectivity index (χ0) is 19.7. The third kappa shape index (κ3) is 3.69. The van der Waals surface area contributed by atoms with Crippen molar-refractivity contribution in [2.45, 2.75) is 22.0 Å². The number of amides is 2. The normalized spacial score (nSPS) is 21.1. The van der Waals surface area contributed by atoms with Crippen LogP contribution in [0, 0.1) is 0 Å². The lowest BCUT2D eigenvalue weighted by atomic mass is 10.0. The first kappa shape index (κ1) is 19.1. The largest absolute Gasteiger partial charge is 0.477 e. The van der Waals surface area contributed by atoms with E-state index in [1.165, 1.54) is 39.8 Å². The molecule has 1 aromatic carbocycles. The molecule has 1 saturated heterocycles. The van der Waals surface area contributed by atoms with E-state index >= 15 is 0 Å². The van der Waals surface area contributed by atoms with Crippen LogP contribution in [0.3, 0.4) is 0 Å². The van der Waals surface area contributed by atoms with E-state index in [-0.39, 0.29) is 29.3 Å². The predicted molar refractivity (Wildman–Crippen MR) is 110 cm³/mol. The van der Waals surface area contributed by atoms with Gasteiger partial charge in [0.05, 0.1) is 10.6 Å². The number of nitrogens with one attached hydrogen (secondary N) is 1. The number of hydrogen-bond acceptors (Lipinski definition) is 6. The molecule has 1 aromatic heterocycles. The van der Waals surface area contributed by atoms with E-state index in [0.29, 0.717) is 10.7 Å². The van der Waals surface area contributed by atoms with Crippen molar-refractivity contribution in [1.29, 1.82) is 0 Å². The lowest BCUT2D eigenvalue weighted by Crippen LogP contribution is -2.70. The summed E-state index contributed by atoms with van der Waals surface area (Å²) < 4.78 is 0.980. The maximum Gasteiger partial charge on any atom is 0.353 e. The Kier molecular flexibility index (Phi) is 5.47. The number of fused-ring (bicyclic) bond motifs is 1. The molecule has 144 valence electrons. The Labute approximate surface area is 174 Å². The second kappa shape index (κ2) is 8.02. The van der Waals surface area contributed by atoms with Crippen LogP contribution in [0.4, 0.5) is 0 Å². The molecule has 2 aromatic rings. The number of carboxylic acids is 1. The minimum atomic E-state index is -1.12. The summed E-state index contributed by atoms with van der Waals surface area (Å²) in [7, 11) is 0. The van der Waals surface area contributed by atoms with Gasteiger partial charge in [-0.15, -0.1) is 23.1 Å². The van der Waals surface area contributed by atoms with E-state index in [2.05, 4.69) is 5.32 Å². The van der Waals surface area contributed by atoms with Crippen LogP contribution in [0.1, 0.15) is 5.56 Å². The number of hydrogen-bond donors (Lipinski definition) is 2. The van der Waals surface area contributed by atoms with Gasteiger partial charge in [-0.05, 0) is 17.0 Å². The molecule has 6 nitrogen and oxygen atoms in total. The highest BCUT2D eigenvalue weighted by Crippen LogP contribution is 2.45. The third-order valence-electron chi connectivity index (χ3n) is 4.38. The number of nitrogens with zero attached hydrogens (tertiary/aromatic N) is 1. The van der Waals surface area contributed by atoms with Crippen molar-refractivity contribution in [2.75, 3.05) is 5.75 Å². The fraction of sp³-hybridized carbons (Fsp3) is 0.211. The maximum absolute atomic E-state index is 12.6. The smallest absolute Gasteiger partial charge is 0.353 e. The van der Waals surface area contributed by atoms with Crippen LogP contribution >= 0.6 is 34.9 Å². The van der Waals surface area contributed by atoms with Gasteiger partial charge >= 0.3 is 5.97 Å². The minimum absolute atomic E-state index is 0.0284. The Morgan fingerprint density at radius 3 is 2.68 bits per heavy atom. The van der Waals surface area contributed by atoms with Gasteiger partial charge in [0.1, 0.15) is 17.1 Å². The van der Waals surface area contributed by atoms with E-state index in [0.717, 1.165) is 9.77 Å². The van der Waals surface area contributed by atoms with Gasteiger partial charge in [0.2, 0.25) is 5.91 Å². The molecule has 3 heterocycles. The van der Waals surface area contributed by atoms with Crippen LogP contribution in [0.5, 0.6) is 0 Å². The van der Waals surface area contributed by atoms with E-state index in [4.69, 9.17) is 0 Å². The number of aliphatic carboxylic acids is 1. The highest BCUT2D eigenvalue weighted by molar-refractivity contribution is 8.07. The van der Waals surface area contributed by atoms with E-state index in [1.54, 1.807) is 0 Å². The minimum Gasteiger partial charge on any atom is -0.477 e. The summed E-state index contributed by atoms with van der Waals surface area (Å²) in [5.41, 5.74) is 0.890. The van der Waals surface area contributed by atoms with Crippen LogP contribution in [0.2, 0.25) is 0 Å². The Bertz CT molecular complexity index is 943. The Balaban J connectivity index is 1.47. The summed E-state index contributed by atoms with van der Waals surface area (Å²) in [4.78, 5) is 38.7. The topological polar surface area (TPSA) is 86.7 Å². The monoisotopic (exact) mass is 432 g/mol. The van der Waals surface area contributed by atoms with E-state index in [1.807, 2.05) is 47.8 Å². The first-order valence-electron chi connectivity index (χ1n) is 8.50. The number of β-lactam (4-membered cyclic amide) rings is 1. The van der Waals surface area contributed by atoms with Crippen molar-refractivity contribution in [3.63, 3.8) is 0 Å². The van der Waals surface area contributed by atoms with E-state index < -0.39 is 12.0 Å². The van der Waals surface area contributed by atoms with Crippen molar-refractivity contribution < 1.29 is 19.5 Å². The molecule has 2 amide bonds. The number of benzene rings is 1. The average molecular weight is 433 g/mol. The van der Waals surface area contributed by atoms with Crippen LogP contribution in [0.25, 0.3) is 0 Å². The summed E-state index contributed by atoms with van der Waals surface area (Å²) in [5, 5.41) is 14.0. The van der Waals surface area contributed by atoms with Crippen molar-refractivity contribution in [2.24, 2.45) is 0 Å². The molecule has 0 bridgehead atoms. The number of carbonyl (C=O) groups is 3. The van der Waals surface area contributed by atoms with Crippen LogP contribution in [-0.2, 0) is 20.8 Å². The van der Waals surface area contributed by atoms with E-state index in [9.17, 15) is 19.5 Å². The van der Waals surface area contributed by atoms with Gasteiger partial charge in [-0.2, -0.15) is 0 Å². The fourth-order valence-corrected chi connectivity index (χ4v) is 6.53. The zero-order valence-corrected chi connectivity index (χ0v) is 17.0. The number of carbonyl (C=O) groups excluding carboxylic acids is 2. The highest BCUT2D eigenvalue weighted by Gasteiger charge is 2.54. The van der Waals surface area contributed by atoms with Crippen molar-refractivity contribution in [3.8, 4) is 0 Å². The summed E-state index contributed by atoms with van der Waals surface area (Å²) in [6.07, 6.45) is 0.184. The molecule has 0 radical (unpaired) electrons. The van der Waals surface area contributed by atoms with Gasteiger partial charge in [-0.1, -0.05) is 48.2 Å². The molecule has 0 saturated carbocycles. The third-order valence-corrected chi connectivity index (χ3v) is 7.96. The lowest BCUT2D eigenvalue weighted by Gasteiger charge is -2.49. The van der Waals surface area contributed by atoms with Crippen LogP contribution in [-0.4, -0.2) is 45.0 Å². The van der Waals surface area contributed by atoms with Gasteiger partial charge < -0.3 is 10.4 Å². The molecule has 0 spiro atoms. The molecule has 2 aliphatic rings. The summed E-state index contributed by atoms with van der Waals surface area (Å²) >= 11 is 4.39. The van der Waals surface area contributed by atoms with Crippen LogP contribution in [0.15, 0.2) is 62.7 Å². The van der Waals surface area contributed by atoms with Gasteiger partial charge in [-0.25, -0.2) is 4.79 Å². The van der Waals surface area contributed by atoms with Crippen molar-refractivity contribution >= 4 is 52.6 Å². The first-order chi connectivity index (χ1) is 13.5. The van der Waals surface area contributed by atoms with Crippen molar-refractivity contribution in [1.82, 2.24) is 10.2 Å². The SMILES string of the molecule is O=C(Cc1ccccc1)N[C@@H]1C(=O)N2C(C(=O)O)=C(Sc3cccs3)CS[C@@H]12. The quantitative estimate of drug-likeness (QED) is 0.683. The lowest BCUT2D eigenvalue weighted by molar-refractivity contribution is -0.150. The molecule has 0 aliphatic carbocycles. The highest BCUT2D eigenvalue weighted by atomic mass is 32.2. The molecule has 2 N–H and O–H groups in total. The fourth-order valence-electron chi connectivity index (χ4n) is 3.12. The second-order valence-corrected chi connectivity index (χ2v) is 9.68. The Hall–Kier alpha value is -2.23. The molecular weight excluding hydrogens is 416 g/mol. The average Bonchev–Trinajstić information content (AvgIpc) is 3.19. The summed E-state index contributed by atoms with van der Waals surface area (Å²) in [6.45, 7) is 0. The van der Waals surface area contributed by atoms with Gasteiger partial charge in [0, 0.05) is 10.7 Å². The standard InChI is InChI=1S/C19H16N2O4S3/c22-13(9-11-5-2-1-3-6-11)20-15-17(23)21-16(19(24)25)12(10-27-18(15)21)28-14-7-4-8-26-14/h1-8,15,18H,9-10H2,(H,20,22)(H,24,25)/t15-,18+/m1/s1. The number of carboxylic acid groups (broad SMARTS) is 1. The number of thiophene rings is 1. The molecule has 4 rings (SSSR count). The first-order valence-corrected chi connectivity index (χ1v) is 11.2. The van der Waals surface area contributed by atoms with Crippen LogP contribution < -0.4 is 5.32 Å². The number of rotatable bonds is 6. The molecule has 0 unspecified atom stereocenters. The predicted octanol–water partition coefficient (Wildman–Crippen LogP) is 2.78. The van der Waals surface area contributed by atoms with Gasteiger partial charge in [-0.3, -0.25) is 14.5 Å². The zero-order valence-electron chi connectivity index (χ0n) is 14.5.